The van der Waals surface area contributed by atoms with Crippen LogP contribution in [0.2, 0.25) is 15.1 Å². The molecule has 0 unspecified atom stereocenters. The topological polar surface area (TPSA) is 88.5 Å². The van der Waals surface area contributed by atoms with Crippen LogP contribution in [0.4, 0.5) is 16.3 Å². The van der Waals surface area contributed by atoms with Crippen LogP contribution in [-0.2, 0) is 14.9 Å². The largest absolute Gasteiger partial charge is 0.383 e. The molecule has 1 heterocycles. The van der Waals surface area contributed by atoms with Crippen molar-refractivity contribution in [3.05, 3.63) is 69.3 Å². The Kier molecular flexibility index (Phi) is 9.24. The van der Waals surface area contributed by atoms with Gasteiger partial charge in [-0.2, -0.15) is 5.10 Å². The summed E-state index contributed by atoms with van der Waals surface area (Å²) in [6.07, 6.45) is 0. The lowest BCUT2D eigenvalue weighted by Gasteiger charge is -2.22. The molecule has 8 nitrogen and oxygen atoms in total. The molecule has 0 bridgehead atoms. The molecule has 0 aliphatic carbocycles. The van der Waals surface area contributed by atoms with E-state index in [1.807, 2.05) is 39.0 Å². The molecule has 0 aliphatic heterocycles. The number of anilines is 2. The lowest BCUT2D eigenvalue weighted by molar-refractivity contribution is -0.116. The number of benzene rings is 2. The van der Waals surface area contributed by atoms with Crippen molar-refractivity contribution in [3.63, 3.8) is 0 Å². The standard InChI is InChI=1S/C25H28Cl3N5O3/c1-25(2,3)21-14-22(33(31-21)20-8-6-5-7-17(20)27)30-23(34)15-32(11-12-36-4)24(35)29-19-10-9-16(26)13-18(19)28/h5-10,13-14H,11-12,15H2,1-4H3,(H,29,35)(H,30,34). The van der Waals surface area contributed by atoms with Gasteiger partial charge in [-0.3, -0.25) is 4.79 Å². The van der Waals surface area contributed by atoms with E-state index >= 15 is 0 Å². The van der Waals surface area contributed by atoms with Crippen molar-refractivity contribution >= 4 is 58.2 Å². The summed E-state index contributed by atoms with van der Waals surface area (Å²) in [7, 11) is 1.52. The van der Waals surface area contributed by atoms with Crippen LogP contribution in [0.5, 0.6) is 0 Å². The second kappa shape index (κ2) is 12.0. The van der Waals surface area contributed by atoms with E-state index in [4.69, 9.17) is 39.5 Å². The van der Waals surface area contributed by atoms with Crippen LogP contribution in [0.3, 0.4) is 0 Å². The van der Waals surface area contributed by atoms with E-state index in [1.54, 1.807) is 28.9 Å². The van der Waals surface area contributed by atoms with Gasteiger partial charge in [-0.05, 0) is 30.3 Å². The first-order chi connectivity index (χ1) is 17.0. The summed E-state index contributed by atoms with van der Waals surface area (Å²) in [5.41, 5.74) is 1.50. The predicted molar refractivity (Wildman–Crippen MR) is 145 cm³/mol. The van der Waals surface area contributed by atoms with Crippen LogP contribution in [0, 0.1) is 0 Å². The highest BCUT2D eigenvalue weighted by atomic mass is 35.5. The number of hydrogen-bond donors (Lipinski definition) is 2. The third-order valence-electron chi connectivity index (χ3n) is 5.19. The van der Waals surface area contributed by atoms with Crippen molar-refractivity contribution in [3.8, 4) is 5.69 Å². The maximum absolute atomic E-state index is 13.1. The number of methoxy groups -OCH3 is 1. The molecule has 3 amide bonds. The van der Waals surface area contributed by atoms with Crippen LogP contribution in [0.15, 0.2) is 48.5 Å². The number of para-hydroxylation sites is 1. The fourth-order valence-corrected chi connectivity index (χ4v) is 3.91. The summed E-state index contributed by atoms with van der Waals surface area (Å²) in [6, 6.07) is 13.2. The zero-order valence-corrected chi connectivity index (χ0v) is 22.7. The minimum atomic E-state index is -0.513. The molecule has 0 saturated carbocycles. The molecule has 2 aromatic carbocycles. The van der Waals surface area contributed by atoms with Crippen LogP contribution >= 0.6 is 34.8 Å². The molecule has 0 spiro atoms. The number of nitrogens with one attached hydrogen (secondary N) is 2. The first kappa shape index (κ1) is 27.8. The maximum atomic E-state index is 13.1. The Morgan fingerprint density at radius 2 is 1.75 bits per heavy atom. The van der Waals surface area contributed by atoms with Gasteiger partial charge in [-0.25, -0.2) is 9.48 Å². The molecule has 36 heavy (non-hydrogen) atoms. The first-order valence-electron chi connectivity index (χ1n) is 11.1. The second-order valence-corrected chi connectivity index (χ2v) is 10.3. The SMILES string of the molecule is COCCN(CC(=O)Nc1cc(C(C)(C)C)nn1-c1ccccc1Cl)C(=O)Nc1ccc(Cl)cc1Cl. The van der Waals surface area contributed by atoms with E-state index in [9.17, 15) is 9.59 Å². The Hall–Kier alpha value is -2.78. The molecule has 0 fully saturated rings. The molecule has 1 aromatic heterocycles. The van der Waals surface area contributed by atoms with E-state index in [1.165, 1.54) is 18.1 Å². The summed E-state index contributed by atoms with van der Waals surface area (Å²) in [5, 5.41) is 11.5. The number of hydrogen-bond acceptors (Lipinski definition) is 4. The summed E-state index contributed by atoms with van der Waals surface area (Å²) in [6.45, 7) is 6.25. The Balaban J connectivity index is 1.82. The van der Waals surface area contributed by atoms with Crippen LogP contribution in [0.1, 0.15) is 26.5 Å². The van der Waals surface area contributed by atoms with Gasteiger partial charge in [0.2, 0.25) is 5.91 Å². The van der Waals surface area contributed by atoms with Gasteiger partial charge in [0, 0.05) is 30.2 Å². The number of amides is 3. The molecule has 0 aliphatic rings. The third-order valence-corrected chi connectivity index (χ3v) is 6.05. The minimum Gasteiger partial charge on any atom is -0.383 e. The average Bonchev–Trinajstić information content (AvgIpc) is 3.22. The van der Waals surface area contributed by atoms with E-state index in [0.29, 0.717) is 27.2 Å². The van der Waals surface area contributed by atoms with E-state index in [0.717, 1.165) is 5.69 Å². The average molecular weight is 553 g/mol. The van der Waals surface area contributed by atoms with E-state index in [2.05, 4.69) is 15.7 Å². The van der Waals surface area contributed by atoms with Crippen molar-refractivity contribution in [2.75, 3.05) is 37.4 Å². The molecular weight excluding hydrogens is 525 g/mol. The smallest absolute Gasteiger partial charge is 0.322 e. The highest BCUT2D eigenvalue weighted by molar-refractivity contribution is 6.36. The zero-order chi connectivity index (χ0) is 26.5. The number of aromatic nitrogens is 2. The highest BCUT2D eigenvalue weighted by Gasteiger charge is 2.24. The summed E-state index contributed by atoms with van der Waals surface area (Å²) < 4.78 is 6.71. The van der Waals surface area contributed by atoms with Crippen molar-refractivity contribution in [2.24, 2.45) is 0 Å². The summed E-state index contributed by atoms with van der Waals surface area (Å²) >= 11 is 18.5. The molecule has 0 atom stereocenters. The molecule has 192 valence electrons. The van der Waals surface area contributed by atoms with Gasteiger partial charge >= 0.3 is 6.03 Å². The first-order valence-corrected chi connectivity index (χ1v) is 12.3. The lowest BCUT2D eigenvalue weighted by Crippen LogP contribution is -2.42. The molecular formula is C25H28Cl3N5O3. The van der Waals surface area contributed by atoms with Crippen molar-refractivity contribution in [2.45, 2.75) is 26.2 Å². The zero-order valence-electron chi connectivity index (χ0n) is 20.4. The Morgan fingerprint density at radius 1 is 1.03 bits per heavy atom. The Morgan fingerprint density at radius 3 is 2.39 bits per heavy atom. The number of rotatable bonds is 8. The van der Waals surface area contributed by atoms with Crippen molar-refractivity contribution in [1.29, 1.82) is 0 Å². The molecule has 11 heteroatoms. The Labute approximate surface area is 225 Å². The monoisotopic (exact) mass is 551 g/mol. The minimum absolute atomic E-state index is 0.179. The molecule has 0 saturated heterocycles. The lowest BCUT2D eigenvalue weighted by atomic mass is 9.92. The predicted octanol–water partition coefficient (Wildman–Crippen LogP) is 6.25. The number of nitrogens with zero attached hydrogens (tertiary/aromatic N) is 3. The van der Waals surface area contributed by atoms with Gasteiger partial charge < -0.3 is 20.3 Å². The van der Waals surface area contributed by atoms with Gasteiger partial charge in [0.05, 0.1) is 33.7 Å². The number of carbonyl (C=O) groups excluding carboxylic acids is 2. The van der Waals surface area contributed by atoms with Crippen molar-refractivity contribution < 1.29 is 14.3 Å². The molecule has 3 rings (SSSR count). The normalized spacial score (nSPS) is 11.3. The van der Waals surface area contributed by atoms with Gasteiger partial charge in [-0.15, -0.1) is 0 Å². The Bertz CT molecular complexity index is 1240. The van der Waals surface area contributed by atoms with Crippen LogP contribution in [-0.4, -0.2) is 53.4 Å². The third kappa shape index (κ3) is 7.13. The second-order valence-electron chi connectivity index (χ2n) is 9.04. The van der Waals surface area contributed by atoms with Gasteiger partial charge in [0.15, 0.2) is 0 Å². The fourth-order valence-electron chi connectivity index (χ4n) is 3.24. The summed E-state index contributed by atoms with van der Waals surface area (Å²) in [5.74, 6) is 0.0167. The van der Waals surface area contributed by atoms with E-state index < -0.39 is 11.9 Å². The quantitative estimate of drug-likeness (QED) is 0.346. The van der Waals surface area contributed by atoms with Gasteiger partial charge in [0.1, 0.15) is 12.4 Å². The maximum Gasteiger partial charge on any atom is 0.322 e. The number of halogens is 3. The molecule has 3 aromatic rings. The van der Waals surface area contributed by atoms with Gasteiger partial charge in [0.25, 0.3) is 0 Å². The van der Waals surface area contributed by atoms with Gasteiger partial charge in [-0.1, -0.05) is 67.7 Å². The van der Waals surface area contributed by atoms with E-state index in [-0.39, 0.29) is 30.1 Å². The molecule has 0 radical (unpaired) electrons. The van der Waals surface area contributed by atoms with Crippen LogP contribution < -0.4 is 10.6 Å². The van der Waals surface area contributed by atoms with Crippen molar-refractivity contribution in [1.82, 2.24) is 14.7 Å². The number of carbonyl (C=O) groups is 2. The number of ether oxygens (including phenoxy) is 1. The van der Waals surface area contributed by atoms with Crippen LogP contribution in [0.25, 0.3) is 5.69 Å². The fraction of sp³-hybridized carbons (Fsp3) is 0.320. The summed E-state index contributed by atoms with van der Waals surface area (Å²) in [4.78, 5) is 27.4. The highest BCUT2D eigenvalue weighted by Crippen LogP contribution is 2.29. The number of urea groups is 1. The molecule has 2 N–H and O–H groups in total.